The summed E-state index contributed by atoms with van der Waals surface area (Å²) in [6, 6.07) is 0. The molecule has 0 amide bonds. The van der Waals surface area contributed by atoms with Crippen molar-refractivity contribution in [3.05, 3.63) is 0 Å². The number of thioether (sulfide) groups is 1. The molecule has 1 aliphatic rings. The highest BCUT2D eigenvalue weighted by Gasteiger charge is 2.21. The third-order valence-electron chi connectivity index (χ3n) is 2.42. The van der Waals surface area contributed by atoms with E-state index in [2.05, 4.69) is 13.8 Å². The fraction of sp³-hybridized carbons (Fsp3) is 1.00. The highest BCUT2D eigenvalue weighted by molar-refractivity contribution is 7.99. The van der Waals surface area contributed by atoms with Crippen molar-refractivity contribution < 1.29 is 9.84 Å². The van der Waals surface area contributed by atoms with Crippen molar-refractivity contribution in [2.45, 2.75) is 50.6 Å². The van der Waals surface area contributed by atoms with Crippen LogP contribution in [0.4, 0.5) is 0 Å². The maximum atomic E-state index is 8.73. The first-order valence-corrected chi connectivity index (χ1v) is 6.15. The van der Waals surface area contributed by atoms with Crippen molar-refractivity contribution in [2.24, 2.45) is 0 Å². The third-order valence-corrected chi connectivity index (χ3v) is 3.79. The second-order valence-corrected chi connectivity index (χ2v) is 5.27. The van der Waals surface area contributed by atoms with E-state index in [1.807, 2.05) is 11.8 Å². The van der Waals surface area contributed by atoms with Crippen LogP contribution >= 0.6 is 11.8 Å². The van der Waals surface area contributed by atoms with Crippen LogP contribution in [0.5, 0.6) is 0 Å². The van der Waals surface area contributed by atoms with Gasteiger partial charge in [0.15, 0.2) is 0 Å². The first kappa shape index (κ1) is 11.3. The van der Waals surface area contributed by atoms with Gasteiger partial charge in [0.1, 0.15) is 0 Å². The van der Waals surface area contributed by atoms with Gasteiger partial charge in [0.2, 0.25) is 0 Å². The monoisotopic (exact) mass is 204 g/mol. The molecule has 1 N–H and O–H groups in total. The molecule has 0 radical (unpaired) electrons. The van der Waals surface area contributed by atoms with E-state index in [9.17, 15) is 0 Å². The smallest absolute Gasteiger partial charge is 0.0670 e. The summed E-state index contributed by atoms with van der Waals surface area (Å²) in [5, 5.41) is 9.29. The molecule has 1 aliphatic heterocycles. The Balaban J connectivity index is 2.05. The second-order valence-electron chi connectivity index (χ2n) is 3.80. The predicted molar refractivity (Wildman–Crippen MR) is 57.2 cm³/mol. The van der Waals surface area contributed by atoms with Gasteiger partial charge in [-0.3, -0.25) is 0 Å². The van der Waals surface area contributed by atoms with Crippen LogP contribution in [0.25, 0.3) is 0 Å². The van der Waals surface area contributed by atoms with Gasteiger partial charge in [0, 0.05) is 17.6 Å². The van der Waals surface area contributed by atoms with E-state index < -0.39 is 0 Å². The van der Waals surface area contributed by atoms with E-state index in [0.29, 0.717) is 24.1 Å². The van der Waals surface area contributed by atoms with Crippen molar-refractivity contribution in [1.29, 1.82) is 0 Å². The standard InChI is InChI=1S/C10H20O2S/c1-8-3-4-10(12-8)7-13-9(2)5-6-11/h8-11H,3-7H2,1-2H3. The molecule has 1 rings (SSSR count). The van der Waals surface area contributed by atoms with E-state index in [1.165, 1.54) is 12.8 Å². The highest BCUT2D eigenvalue weighted by atomic mass is 32.2. The summed E-state index contributed by atoms with van der Waals surface area (Å²) in [5.74, 6) is 1.09. The summed E-state index contributed by atoms with van der Waals surface area (Å²) in [5.41, 5.74) is 0. The number of aliphatic hydroxyl groups excluding tert-OH is 1. The maximum absolute atomic E-state index is 8.73. The van der Waals surface area contributed by atoms with Gasteiger partial charge < -0.3 is 9.84 Å². The molecule has 78 valence electrons. The van der Waals surface area contributed by atoms with Gasteiger partial charge in [0.25, 0.3) is 0 Å². The lowest BCUT2D eigenvalue weighted by molar-refractivity contribution is 0.0699. The van der Waals surface area contributed by atoms with Crippen LogP contribution < -0.4 is 0 Å². The molecule has 3 heteroatoms. The molecule has 0 aliphatic carbocycles. The van der Waals surface area contributed by atoms with Gasteiger partial charge in [-0.1, -0.05) is 6.92 Å². The highest BCUT2D eigenvalue weighted by Crippen LogP contribution is 2.24. The Morgan fingerprint density at radius 2 is 2.31 bits per heavy atom. The van der Waals surface area contributed by atoms with Crippen molar-refractivity contribution in [1.82, 2.24) is 0 Å². The molecule has 0 spiro atoms. The SMILES string of the molecule is CC1CCC(CSC(C)CCO)O1. The fourth-order valence-corrected chi connectivity index (χ4v) is 2.61. The minimum Gasteiger partial charge on any atom is -0.396 e. The van der Waals surface area contributed by atoms with Crippen LogP contribution in [0, 0.1) is 0 Å². The zero-order valence-corrected chi connectivity index (χ0v) is 9.35. The molecule has 0 aromatic rings. The largest absolute Gasteiger partial charge is 0.396 e. The zero-order valence-electron chi connectivity index (χ0n) is 8.53. The molecule has 0 saturated carbocycles. The fourth-order valence-electron chi connectivity index (χ4n) is 1.54. The Morgan fingerprint density at radius 3 is 2.85 bits per heavy atom. The number of hydrogen-bond donors (Lipinski definition) is 1. The van der Waals surface area contributed by atoms with Crippen LogP contribution in [0.1, 0.15) is 33.1 Å². The number of rotatable bonds is 5. The van der Waals surface area contributed by atoms with Crippen LogP contribution in [0.2, 0.25) is 0 Å². The van der Waals surface area contributed by atoms with Gasteiger partial charge in [-0.2, -0.15) is 11.8 Å². The molecular weight excluding hydrogens is 184 g/mol. The topological polar surface area (TPSA) is 29.5 Å². The number of hydrogen-bond acceptors (Lipinski definition) is 3. The molecule has 3 atom stereocenters. The van der Waals surface area contributed by atoms with Gasteiger partial charge in [-0.05, 0) is 26.2 Å². The number of ether oxygens (including phenoxy) is 1. The van der Waals surface area contributed by atoms with E-state index in [-0.39, 0.29) is 0 Å². The lowest BCUT2D eigenvalue weighted by atomic mass is 10.2. The van der Waals surface area contributed by atoms with Crippen molar-refractivity contribution >= 4 is 11.8 Å². The Morgan fingerprint density at radius 1 is 1.54 bits per heavy atom. The molecule has 1 saturated heterocycles. The summed E-state index contributed by atoms with van der Waals surface area (Å²) in [4.78, 5) is 0. The van der Waals surface area contributed by atoms with Crippen LogP contribution in [-0.2, 0) is 4.74 Å². The second kappa shape index (κ2) is 5.89. The van der Waals surface area contributed by atoms with Gasteiger partial charge >= 0.3 is 0 Å². The minimum absolute atomic E-state index is 0.302. The first-order chi connectivity index (χ1) is 6.22. The van der Waals surface area contributed by atoms with Gasteiger partial charge in [-0.15, -0.1) is 0 Å². The van der Waals surface area contributed by atoms with Crippen LogP contribution in [0.3, 0.4) is 0 Å². The van der Waals surface area contributed by atoms with Gasteiger partial charge in [0.05, 0.1) is 12.2 Å². The Bertz CT molecular complexity index is 141. The molecule has 0 bridgehead atoms. The van der Waals surface area contributed by atoms with E-state index in [1.54, 1.807) is 0 Å². The van der Waals surface area contributed by atoms with Gasteiger partial charge in [-0.25, -0.2) is 0 Å². The van der Waals surface area contributed by atoms with E-state index in [0.717, 1.165) is 12.2 Å². The zero-order chi connectivity index (χ0) is 9.68. The lowest BCUT2D eigenvalue weighted by Gasteiger charge is -2.14. The maximum Gasteiger partial charge on any atom is 0.0670 e. The summed E-state index contributed by atoms with van der Waals surface area (Å²) < 4.78 is 5.71. The van der Waals surface area contributed by atoms with Crippen LogP contribution in [-0.4, -0.2) is 34.9 Å². The molecule has 0 aromatic carbocycles. The Kier molecular flexibility index (Phi) is 5.14. The molecule has 1 heterocycles. The quantitative estimate of drug-likeness (QED) is 0.743. The van der Waals surface area contributed by atoms with Crippen molar-refractivity contribution in [3.8, 4) is 0 Å². The number of aliphatic hydroxyl groups is 1. The van der Waals surface area contributed by atoms with E-state index >= 15 is 0 Å². The molecule has 0 aromatic heterocycles. The van der Waals surface area contributed by atoms with E-state index in [4.69, 9.17) is 9.84 Å². The third kappa shape index (κ3) is 4.34. The molecule has 13 heavy (non-hydrogen) atoms. The molecular formula is C10H20O2S. The average molecular weight is 204 g/mol. The first-order valence-electron chi connectivity index (χ1n) is 5.10. The minimum atomic E-state index is 0.302. The molecule has 2 nitrogen and oxygen atoms in total. The summed E-state index contributed by atoms with van der Waals surface area (Å²) in [6.45, 7) is 4.61. The lowest BCUT2D eigenvalue weighted by Crippen LogP contribution is -2.13. The predicted octanol–water partition coefficient (Wildman–Crippen LogP) is 2.06. The average Bonchev–Trinajstić information content (AvgIpc) is 2.49. The normalized spacial score (nSPS) is 30.7. The molecule has 3 unspecified atom stereocenters. The van der Waals surface area contributed by atoms with Crippen LogP contribution in [0.15, 0.2) is 0 Å². The molecule has 1 fully saturated rings. The summed E-state index contributed by atoms with van der Waals surface area (Å²) in [7, 11) is 0. The summed E-state index contributed by atoms with van der Waals surface area (Å²) in [6.07, 6.45) is 4.23. The summed E-state index contributed by atoms with van der Waals surface area (Å²) >= 11 is 1.92. The van der Waals surface area contributed by atoms with Crippen molar-refractivity contribution in [3.63, 3.8) is 0 Å². The van der Waals surface area contributed by atoms with Crippen molar-refractivity contribution in [2.75, 3.05) is 12.4 Å². The Hall–Kier alpha value is 0.270. The Labute approximate surface area is 85.0 Å².